The summed E-state index contributed by atoms with van der Waals surface area (Å²) >= 11 is 0. The quantitative estimate of drug-likeness (QED) is 0.603. The first-order valence-electron chi connectivity index (χ1n) is 9.26. The van der Waals surface area contributed by atoms with E-state index in [2.05, 4.69) is 17.2 Å². The van der Waals surface area contributed by atoms with Crippen LogP contribution in [-0.4, -0.2) is 41.8 Å². The third kappa shape index (κ3) is 2.72. The fraction of sp³-hybridized carbons (Fsp3) is 0.381. The SMILES string of the molecule is C=CCC1NC2C=C(C(=O)NC)C1C1C(=O)N(Cc3ccccc3)C(=O)C21. The maximum absolute atomic E-state index is 13.2. The lowest BCUT2D eigenvalue weighted by atomic mass is 9.63. The van der Waals surface area contributed by atoms with E-state index < -0.39 is 11.8 Å². The zero-order valence-corrected chi connectivity index (χ0v) is 15.2. The van der Waals surface area contributed by atoms with Gasteiger partial charge in [-0.25, -0.2) is 0 Å². The predicted octanol–water partition coefficient (Wildman–Crippen LogP) is 1.01. The molecule has 5 atom stereocenters. The normalized spacial score (nSPS) is 31.5. The highest BCUT2D eigenvalue weighted by Crippen LogP contribution is 2.48. The van der Waals surface area contributed by atoms with Crippen LogP contribution in [0.15, 0.2) is 54.6 Å². The Balaban J connectivity index is 1.69. The summed E-state index contributed by atoms with van der Waals surface area (Å²) in [6.07, 6.45) is 4.26. The minimum atomic E-state index is -0.491. The summed E-state index contributed by atoms with van der Waals surface area (Å²) in [6, 6.07) is 9.12. The van der Waals surface area contributed by atoms with Crippen LogP contribution < -0.4 is 10.6 Å². The number of carbonyl (C=O) groups is 3. The molecule has 5 unspecified atom stereocenters. The first kappa shape index (κ1) is 17.7. The summed E-state index contributed by atoms with van der Waals surface area (Å²) < 4.78 is 0. The van der Waals surface area contributed by atoms with Gasteiger partial charge in [0, 0.05) is 30.6 Å². The highest BCUT2D eigenvalue weighted by Gasteiger charge is 2.61. The number of rotatable bonds is 5. The maximum Gasteiger partial charge on any atom is 0.247 e. The highest BCUT2D eigenvalue weighted by atomic mass is 16.2. The predicted molar refractivity (Wildman–Crippen MR) is 100 cm³/mol. The number of imide groups is 1. The van der Waals surface area contributed by atoms with Gasteiger partial charge in [0.15, 0.2) is 0 Å². The second-order valence-electron chi connectivity index (χ2n) is 7.35. The standard InChI is InChI=1S/C21H23N3O3/c1-3-7-14-16-13(19(25)22-2)10-15(23-14)17-18(16)21(27)24(20(17)26)11-12-8-5-4-6-9-12/h3-6,8-10,14-18,23H,1,7,11H2,2H3,(H,22,25). The number of piperidine rings is 1. The van der Waals surface area contributed by atoms with Crippen LogP contribution in [0, 0.1) is 17.8 Å². The van der Waals surface area contributed by atoms with E-state index in [1.165, 1.54) is 4.90 Å². The molecular weight excluding hydrogens is 342 g/mol. The Morgan fingerprint density at radius 3 is 2.56 bits per heavy atom. The van der Waals surface area contributed by atoms with Gasteiger partial charge in [0.25, 0.3) is 0 Å². The third-order valence-electron chi connectivity index (χ3n) is 5.91. The fourth-order valence-corrected chi connectivity index (χ4v) is 4.79. The fourth-order valence-electron chi connectivity index (χ4n) is 4.79. The molecule has 3 amide bonds. The molecule has 0 radical (unpaired) electrons. The summed E-state index contributed by atoms with van der Waals surface area (Å²) in [5.74, 6) is -1.76. The molecule has 2 bridgehead atoms. The number of hydrogen-bond acceptors (Lipinski definition) is 4. The number of benzene rings is 1. The van der Waals surface area contributed by atoms with Crippen molar-refractivity contribution in [2.75, 3.05) is 7.05 Å². The molecule has 27 heavy (non-hydrogen) atoms. The molecule has 0 saturated carbocycles. The van der Waals surface area contributed by atoms with Gasteiger partial charge in [-0.15, -0.1) is 6.58 Å². The van der Waals surface area contributed by atoms with Crippen LogP contribution in [-0.2, 0) is 20.9 Å². The van der Waals surface area contributed by atoms with E-state index in [9.17, 15) is 14.4 Å². The Morgan fingerprint density at radius 1 is 1.19 bits per heavy atom. The monoisotopic (exact) mass is 365 g/mol. The topological polar surface area (TPSA) is 78.5 Å². The number of nitrogens with zero attached hydrogens (tertiary/aromatic N) is 1. The van der Waals surface area contributed by atoms with Gasteiger partial charge < -0.3 is 10.6 Å². The van der Waals surface area contributed by atoms with Crippen molar-refractivity contribution in [3.63, 3.8) is 0 Å². The highest BCUT2D eigenvalue weighted by molar-refractivity contribution is 6.08. The van der Waals surface area contributed by atoms with Gasteiger partial charge in [-0.1, -0.05) is 42.5 Å². The van der Waals surface area contributed by atoms with Gasteiger partial charge in [-0.3, -0.25) is 19.3 Å². The second-order valence-corrected chi connectivity index (χ2v) is 7.35. The number of nitrogens with one attached hydrogen (secondary N) is 2. The Morgan fingerprint density at radius 2 is 1.89 bits per heavy atom. The molecule has 6 nitrogen and oxygen atoms in total. The zero-order chi connectivity index (χ0) is 19.1. The van der Waals surface area contributed by atoms with Gasteiger partial charge in [0.05, 0.1) is 18.4 Å². The van der Waals surface area contributed by atoms with Crippen molar-refractivity contribution in [3.8, 4) is 0 Å². The van der Waals surface area contributed by atoms with Crippen LogP contribution in [0.1, 0.15) is 12.0 Å². The zero-order valence-electron chi connectivity index (χ0n) is 15.2. The molecule has 0 spiro atoms. The number of hydrogen-bond donors (Lipinski definition) is 2. The van der Waals surface area contributed by atoms with Crippen molar-refractivity contribution >= 4 is 17.7 Å². The second kappa shape index (κ2) is 6.78. The van der Waals surface area contributed by atoms with Crippen LogP contribution >= 0.6 is 0 Å². The van der Waals surface area contributed by atoms with Gasteiger partial charge >= 0.3 is 0 Å². The molecule has 0 aromatic heterocycles. The number of likely N-dealkylation sites (N-methyl/N-ethyl adjacent to an activating group) is 1. The smallest absolute Gasteiger partial charge is 0.247 e. The van der Waals surface area contributed by atoms with E-state index in [0.29, 0.717) is 12.0 Å². The summed E-state index contributed by atoms with van der Waals surface area (Å²) in [5.41, 5.74) is 1.53. The van der Waals surface area contributed by atoms with E-state index in [-0.39, 0.29) is 42.3 Å². The summed E-state index contributed by atoms with van der Waals surface area (Å²) in [6.45, 7) is 4.07. The minimum absolute atomic E-state index is 0.0699. The molecule has 2 fully saturated rings. The Kier molecular flexibility index (Phi) is 4.44. The molecule has 1 aromatic carbocycles. The molecule has 4 aliphatic rings. The minimum Gasteiger partial charge on any atom is -0.355 e. The largest absolute Gasteiger partial charge is 0.355 e. The molecule has 6 heteroatoms. The van der Waals surface area contributed by atoms with Crippen LogP contribution in [0.4, 0.5) is 0 Å². The maximum atomic E-state index is 13.2. The molecular formula is C21H23N3O3. The molecule has 2 N–H and O–H groups in total. The molecule has 140 valence electrons. The van der Waals surface area contributed by atoms with E-state index in [1.807, 2.05) is 36.4 Å². The van der Waals surface area contributed by atoms with Gasteiger partial charge in [0.1, 0.15) is 0 Å². The molecule has 5 rings (SSSR count). The van der Waals surface area contributed by atoms with E-state index >= 15 is 0 Å². The van der Waals surface area contributed by atoms with Crippen molar-refractivity contribution in [3.05, 3.63) is 60.2 Å². The molecule has 1 aromatic rings. The number of fused-ring (bicyclic) bond motifs is 1. The number of amides is 3. The number of carbonyl (C=O) groups excluding carboxylic acids is 3. The molecule has 2 saturated heterocycles. The summed E-state index contributed by atoms with van der Waals surface area (Å²) in [7, 11) is 1.59. The third-order valence-corrected chi connectivity index (χ3v) is 5.91. The van der Waals surface area contributed by atoms with Gasteiger partial charge in [-0.2, -0.15) is 0 Å². The van der Waals surface area contributed by atoms with Crippen molar-refractivity contribution in [2.45, 2.75) is 25.0 Å². The van der Waals surface area contributed by atoms with Crippen molar-refractivity contribution in [2.24, 2.45) is 17.8 Å². The molecule has 1 aliphatic carbocycles. The molecule has 3 heterocycles. The first-order valence-corrected chi connectivity index (χ1v) is 9.26. The van der Waals surface area contributed by atoms with E-state index in [1.54, 1.807) is 13.1 Å². The van der Waals surface area contributed by atoms with Crippen LogP contribution in [0.3, 0.4) is 0 Å². The van der Waals surface area contributed by atoms with Crippen LogP contribution in [0.2, 0.25) is 0 Å². The molecule has 3 aliphatic heterocycles. The first-order chi connectivity index (χ1) is 13.1. The van der Waals surface area contributed by atoms with Crippen molar-refractivity contribution in [1.82, 2.24) is 15.5 Å². The van der Waals surface area contributed by atoms with E-state index in [4.69, 9.17) is 0 Å². The summed E-state index contributed by atoms with van der Waals surface area (Å²) in [5, 5.41) is 6.11. The average molecular weight is 365 g/mol. The lowest BCUT2D eigenvalue weighted by molar-refractivity contribution is -0.140. The Bertz CT molecular complexity index is 832. The lowest BCUT2D eigenvalue weighted by Gasteiger charge is -2.47. The van der Waals surface area contributed by atoms with Crippen molar-refractivity contribution < 1.29 is 14.4 Å². The van der Waals surface area contributed by atoms with Crippen molar-refractivity contribution in [1.29, 1.82) is 0 Å². The Labute approximate surface area is 158 Å². The Hall–Kier alpha value is -2.73. The summed E-state index contributed by atoms with van der Waals surface area (Å²) in [4.78, 5) is 40.1. The number of likely N-dealkylation sites (tertiary alicyclic amines) is 1. The van der Waals surface area contributed by atoms with Crippen LogP contribution in [0.25, 0.3) is 0 Å². The van der Waals surface area contributed by atoms with Gasteiger partial charge in [-0.05, 0) is 12.0 Å². The van der Waals surface area contributed by atoms with Crippen LogP contribution in [0.5, 0.6) is 0 Å². The van der Waals surface area contributed by atoms with E-state index in [0.717, 1.165) is 5.56 Å². The average Bonchev–Trinajstić information content (AvgIpc) is 2.95. The lowest BCUT2D eigenvalue weighted by Crippen LogP contribution is -2.62. The van der Waals surface area contributed by atoms with Gasteiger partial charge in [0.2, 0.25) is 17.7 Å².